The molecule has 2 heterocycles. The zero-order valence-electron chi connectivity index (χ0n) is 11.8. The minimum Gasteiger partial charge on any atom is -0.477 e. The van der Waals surface area contributed by atoms with Crippen molar-refractivity contribution in [1.82, 2.24) is 15.3 Å². The Morgan fingerprint density at radius 3 is 2.95 bits per heavy atom. The van der Waals surface area contributed by atoms with Gasteiger partial charge in [0.05, 0.1) is 17.0 Å². The SMILES string of the molecule is CNC(CCOc1nc(C)ccc1C#N)c1scnc1Cl. The van der Waals surface area contributed by atoms with E-state index in [0.29, 0.717) is 29.6 Å². The minimum atomic E-state index is 0.0698. The third-order valence-corrected chi connectivity index (χ3v) is 4.34. The van der Waals surface area contributed by atoms with Crippen LogP contribution in [0, 0.1) is 18.3 Å². The second-order valence-corrected chi connectivity index (χ2v) is 5.65. The number of hydrogen-bond acceptors (Lipinski definition) is 6. The molecule has 7 heteroatoms. The van der Waals surface area contributed by atoms with Gasteiger partial charge in [-0.1, -0.05) is 11.6 Å². The Kier molecular flexibility index (Phi) is 5.51. The molecule has 21 heavy (non-hydrogen) atoms. The molecule has 1 atom stereocenters. The monoisotopic (exact) mass is 322 g/mol. The second-order valence-electron chi connectivity index (χ2n) is 4.40. The molecule has 0 saturated carbocycles. The first-order valence-electron chi connectivity index (χ1n) is 6.42. The number of nitrogens with zero attached hydrogens (tertiary/aromatic N) is 3. The van der Waals surface area contributed by atoms with Crippen molar-refractivity contribution in [1.29, 1.82) is 5.26 Å². The van der Waals surface area contributed by atoms with Crippen molar-refractivity contribution in [2.24, 2.45) is 0 Å². The molecule has 0 aliphatic heterocycles. The van der Waals surface area contributed by atoms with Crippen molar-refractivity contribution in [2.75, 3.05) is 13.7 Å². The second kappa shape index (κ2) is 7.36. The first-order valence-corrected chi connectivity index (χ1v) is 7.68. The van der Waals surface area contributed by atoms with Gasteiger partial charge in [-0.05, 0) is 26.1 Å². The maximum Gasteiger partial charge on any atom is 0.231 e. The Morgan fingerprint density at radius 2 is 2.33 bits per heavy atom. The summed E-state index contributed by atoms with van der Waals surface area (Å²) in [7, 11) is 1.87. The summed E-state index contributed by atoms with van der Waals surface area (Å²) < 4.78 is 5.65. The Hall–Kier alpha value is -1.68. The van der Waals surface area contributed by atoms with Gasteiger partial charge in [0, 0.05) is 18.2 Å². The summed E-state index contributed by atoms with van der Waals surface area (Å²) in [6, 6.07) is 5.66. The van der Waals surface area contributed by atoms with Crippen LogP contribution in [0.1, 0.15) is 28.6 Å². The van der Waals surface area contributed by atoms with Crippen LogP contribution in [0.15, 0.2) is 17.6 Å². The van der Waals surface area contributed by atoms with Crippen LogP contribution in [0.4, 0.5) is 0 Å². The molecule has 5 nitrogen and oxygen atoms in total. The van der Waals surface area contributed by atoms with Gasteiger partial charge in [-0.2, -0.15) is 5.26 Å². The number of ether oxygens (including phenoxy) is 1. The average Bonchev–Trinajstić information content (AvgIpc) is 2.90. The van der Waals surface area contributed by atoms with Gasteiger partial charge in [0.1, 0.15) is 16.8 Å². The van der Waals surface area contributed by atoms with Crippen LogP contribution in [-0.2, 0) is 0 Å². The van der Waals surface area contributed by atoms with Gasteiger partial charge in [-0.3, -0.25) is 0 Å². The normalized spacial score (nSPS) is 11.9. The summed E-state index contributed by atoms with van der Waals surface area (Å²) in [6.45, 7) is 2.30. The van der Waals surface area contributed by atoms with E-state index < -0.39 is 0 Å². The number of rotatable bonds is 6. The number of aromatic nitrogens is 2. The van der Waals surface area contributed by atoms with Crippen LogP contribution in [-0.4, -0.2) is 23.6 Å². The molecule has 0 bridgehead atoms. The number of halogens is 1. The smallest absolute Gasteiger partial charge is 0.231 e. The van der Waals surface area contributed by atoms with E-state index in [9.17, 15) is 0 Å². The summed E-state index contributed by atoms with van der Waals surface area (Å²) in [5.41, 5.74) is 2.98. The lowest BCUT2D eigenvalue weighted by Gasteiger charge is -2.15. The molecule has 0 radical (unpaired) electrons. The number of nitriles is 1. The highest BCUT2D eigenvalue weighted by Crippen LogP contribution is 2.28. The third-order valence-electron chi connectivity index (χ3n) is 2.98. The molecule has 0 amide bonds. The molecule has 2 aromatic rings. The molecular formula is C14H15ClN4OS. The fraction of sp³-hybridized carbons (Fsp3) is 0.357. The fourth-order valence-electron chi connectivity index (χ4n) is 1.88. The van der Waals surface area contributed by atoms with E-state index in [1.165, 1.54) is 11.3 Å². The predicted molar refractivity (Wildman–Crippen MR) is 82.7 cm³/mol. The molecule has 2 rings (SSSR count). The van der Waals surface area contributed by atoms with Gasteiger partial charge >= 0.3 is 0 Å². The Labute approximate surface area is 132 Å². The van der Waals surface area contributed by atoms with Crippen LogP contribution in [0.25, 0.3) is 0 Å². The lowest BCUT2D eigenvalue weighted by atomic mass is 10.2. The molecule has 0 aromatic carbocycles. The fourth-order valence-corrected chi connectivity index (χ4v) is 3.07. The van der Waals surface area contributed by atoms with E-state index in [-0.39, 0.29) is 6.04 Å². The van der Waals surface area contributed by atoms with Gasteiger partial charge in [-0.15, -0.1) is 11.3 Å². The van der Waals surface area contributed by atoms with Gasteiger partial charge in [0.25, 0.3) is 0 Å². The van der Waals surface area contributed by atoms with Gasteiger partial charge < -0.3 is 10.1 Å². The van der Waals surface area contributed by atoms with Crippen molar-refractivity contribution >= 4 is 22.9 Å². The van der Waals surface area contributed by atoms with Crippen molar-refractivity contribution in [3.8, 4) is 11.9 Å². The molecule has 0 fully saturated rings. The highest BCUT2D eigenvalue weighted by Gasteiger charge is 2.16. The summed E-state index contributed by atoms with van der Waals surface area (Å²) in [4.78, 5) is 9.27. The van der Waals surface area contributed by atoms with Crippen molar-refractivity contribution in [3.63, 3.8) is 0 Å². The first-order chi connectivity index (χ1) is 10.2. The van der Waals surface area contributed by atoms with Crippen LogP contribution >= 0.6 is 22.9 Å². The summed E-state index contributed by atoms with van der Waals surface area (Å²) in [5.74, 6) is 0.378. The van der Waals surface area contributed by atoms with Gasteiger partial charge in [-0.25, -0.2) is 9.97 Å². The van der Waals surface area contributed by atoms with Gasteiger partial charge in [0.15, 0.2) is 0 Å². The van der Waals surface area contributed by atoms with E-state index in [1.54, 1.807) is 17.6 Å². The third kappa shape index (κ3) is 3.91. The Morgan fingerprint density at radius 1 is 1.52 bits per heavy atom. The van der Waals surface area contributed by atoms with Gasteiger partial charge in [0.2, 0.25) is 5.88 Å². The highest BCUT2D eigenvalue weighted by molar-refractivity contribution is 7.10. The van der Waals surface area contributed by atoms with E-state index in [1.807, 2.05) is 14.0 Å². The molecule has 0 spiro atoms. The molecule has 0 saturated heterocycles. The van der Waals surface area contributed by atoms with Crippen LogP contribution in [0.3, 0.4) is 0 Å². The molecule has 1 unspecified atom stereocenters. The number of thiazole rings is 1. The minimum absolute atomic E-state index is 0.0698. The van der Waals surface area contributed by atoms with E-state index >= 15 is 0 Å². The summed E-state index contributed by atoms with van der Waals surface area (Å²) >= 11 is 7.55. The van der Waals surface area contributed by atoms with Crippen molar-refractivity contribution in [2.45, 2.75) is 19.4 Å². The van der Waals surface area contributed by atoms with E-state index in [2.05, 4.69) is 21.4 Å². The van der Waals surface area contributed by atoms with E-state index in [4.69, 9.17) is 21.6 Å². The molecule has 1 N–H and O–H groups in total. The molecule has 0 aliphatic carbocycles. The lowest BCUT2D eigenvalue weighted by Crippen LogP contribution is -2.18. The summed E-state index contributed by atoms with van der Waals surface area (Å²) in [5, 5.41) is 12.8. The molecule has 2 aromatic heterocycles. The molecule has 0 aliphatic rings. The zero-order valence-corrected chi connectivity index (χ0v) is 13.3. The van der Waals surface area contributed by atoms with E-state index in [0.717, 1.165) is 10.6 Å². The lowest BCUT2D eigenvalue weighted by molar-refractivity contribution is 0.280. The van der Waals surface area contributed by atoms with Crippen LogP contribution in [0.5, 0.6) is 5.88 Å². The number of pyridine rings is 1. The van der Waals surface area contributed by atoms with Crippen LogP contribution < -0.4 is 10.1 Å². The standard InChI is InChI=1S/C14H15ClN4OS/c1-9-3-4-10(7-16)14(19-9)20-6-5-11(17-2)12-13(15)18-8-21-12/h3-4,8,11,17H,5-6H2,1-2H3. The topological polar surface area (TPSA) is 70.8 Å². The number of hydrogen-bond donors (Lipinski definition) is 1. The maximum absolute atomic E-state index is 9.04. The number of aryl methyl sites for hydroxylation is 1. The summed E-state index contributed by atoms with van der Waals surface area (Å²) in [6.07, 6.45) is 0.707. The number of nitrogens with one attached hydrogen (secondary N) is 1. The maximum atomic E-state index is 9.04. The molecule has 110 valence electrons. The molecular weight excluding hydrogens is 308 g/mol. The largest absolute Gasteiger partial charge is 0.477 e. The highest BCUT2D eigenvalue weighted by atomic mass is 35.5. The first kappa shape index (κ1) is 15.7. The average molecular weight is 323 g/mol. The quantitative estimate of drug-likeness (QED) is 0.884. The predicted octanol–water partition coefficient (Wildman–Crippen LogP) is 3.10. The zero-order chi connectivity index (χ0) is 15.2. The van der Waals surface area contributed by atoms with Crippen molar-refractivity contribution < 1.29 is 4.74 Å². The Balaban J connectivity index is 1.99. The Bertz CT molecular complexity index is 653. The van der Waals surface area contributed by atoms with Crippen molar-refractivity contribution in [3.05, 3.63) is 38.9 Å². The van der Waals surface area contributed by atoms with Crippen LogP contribution in [0.2, 0.25) is 5.15 Å².